The van der Waals surface area contributed by atoms with Gasteiger partial charge in [-0.15, -0.1) is 0 Å². The Bertz CT molecular complexity index is 746. The second-order valence-corrected chi connectivity index (χ2v) is 4.96. The van der Waals surface area contributed by atoms with Gasteiger partial charge in [0.15, 0.2) is 0 Å². The molecule has 0 saturated carbocycles. The third-order valence-electron chi connectivity index (χ3n) is 3.16. The molecule has 0 aliphatic rings. The Morgan fingerprint density at radius 1 is 1.18 bits per heavy atom. The molecule has 2 aromatic carbocycles. The van der Waals surface area contributed by atoms with Gasteiger partial charge in [-0.3, -0.25) is 4.79 Å². The number of carbonyl (C=O) groups is 2. The van der Waals surface area contributed by atoms with Crippen LogP contribution >= 0.6 is 11.6 Å². The van der Waals surface area contributed by atoms with Crippen LogP contribution in [0, 0.1) is 12.7 Å². The molecular weight excluding hydrogens is 309 g/mol. The van der Waals surface area contributed by atoms with E-state index in [2.05, 4.69) is 10.1 Å². The van der Waals surface area contributed by atoms with E-state index < -0.39 is 17.7 Å². The standard InChI is InChI=1S/C16H13ClFNO3/c1-9-11(16(21)22-2)4-3-5-14(9)19-15(20)12-7-6-10(18)8-13(12)17/h3-8H,1-2H3,(H,19,20). The van der Waals surface area contributed by atoms with Crippen molar-refractivity contribution in [1.82, 2.24) is 0 Å². The van der Waals surface area contributed by atoms with Gasteiger partial charge in [0.2, 0.25) is 0 Å². The van der Waals surface area contributed by atoms with E-state index in [1.54, 1.807) is 25.1 Å². The molecule has 6 heteroatoms. The maximum atomic E-state index is 13.0. The highest BCUT2D eigenvalue weighted by atomic mass is 35.5. The Morgan fingerprint density at radius 2 is 1.91 bits per heavy atom. The van der Waals surface area contributed by atoms with E-state index in [1.165, 1.54) is 13.2 Å². The predicted molar refractivity (Wildman–Crippen MR) is 81.9 cm³/mol. The minimum atomic E-state index is -0.523. The average molecular weight is 322 g/mol. The summed E-state index contributed by atoms with van der Waals surface area (Å²) < 4.78 is 17.7. The number of amides is 1. The summed E-state index contributed by atoms with van der Waals surface area (Å²) in [6.45, 7) is 1.69. The molecule has 1 amide bonds. The van der Waals surface area contributed by atoms with Gasteiger partial charge in [-0.25, -0.2) is 9.18 Å². The fourth-order valence-electron chi connectivity index (χ4n) is 1.97. The Labute approximate surface area is 131 Å². The van der Waals surface area contributed by atoms with Crippen molar-refractivity contribution in [2.45, 2.75) is 6.92 Å². The summed E-state index contributed by atoms with van der Waals surface area (Å²) in [5, 5.41) is 2.67. The van der Waals surface area contributed by atoms with Crippen LogP contribution in [0.25, 0.3) is 0 Å². The quantitative estimate of drug-likeness (QED) is 0.874. The molecule has 0 radical (unpaired) electrons. The normalized spacial score (nSPS) is 10.2. The second-order valence-electron chi connectivity index (χ2n) is 4.55. The number of rotatable bonds is 3. The van der Waals surface area contributed by atoms with Crippen molar-refractivity contribution in [2.75, 3.05) is 12.4 Å². The van der Waals surface area contributed by atoms with Crippen LogP contribution in [-0.4, -0.2) is 19.0 Å². The number of ether oxygens (including phenoxy) is 1. The molecule has 0 aromatic heterocycles. The van der Waals surface area contributed by atoms with Gasteiger partial charge < -0.3 is 10.1 Å². The summed E-state index contributed by atoms with van der Waals surface area (Å²) in [5.74, 6) is -1.51. The average Bonchev–Trinajstić information content (AvgIpc) is 2.48. The highest BCUT2D eigenvalue weighted by Gasteiger charge is 2.16. The number of esters is 1. The molecular formula is C16H13ClFNO3. The molecule has 0 aliphatic heterocycles. The van der Waals surface area contributed by atoms with Crippen LogP contribution in [0.4, 0.5) is 10.1 Å². The Hall–Kier alpha value is -2.40. The van der Waals surface area contributed by atoms with Crippen molar-refractivity contribution >= 4 is 29.2 Å². The minimum Gasteiger partial charge on any atom is -0.465 e. The zero-order valence-electron chi connectivity index (χ0n) is 11.9. The molecule has 0 saturated heterocycles. The molecule has 22 heavy (non-hydrogen) atoms. The number of hydrogen-bond acceptors (Lipinski definition) is 3. The van der Waals surface area contributed by atoms with Crippen LogP contribution in [0.5, 0.6) is 0 Å². The van der Waals surface area contributed by atoms with Gasteiger partial charge in [0.1, 0.15) is 5.82 Å². The first-order valence-electron chi connectivity index (χ1n) is 6.38. The molecule has 4 nitrogen and oxygen atoms in total. The van der Waals surface area contributed by atoms with E-state index >= 15 is 0 Å². The molecule has 2 aromatic rings. The molecule has 0 heterocycles. The highest BCUT2D eigenvalue weighted by Crippen LogP contribution is 2.23. The zero-order chi connectivity index (χ0) is 16.3. The van der Waals surface area contributed by atoms with E-state index in [0.29, 0.717) is 16.8 Å². The predicted octanol–water partition coefficient (Wildman–Crippen LogP) is 3.83. The van der Waals surface area contributed by atoms with Crippen LogP contribution in [-0.2, 0) is 4.74 Å². The van der Waals surface area contributed by atoms with E-state index in [0.717, 1.165) is 12.1 Å². The van der Waals surface area contributed by atoms with Crippen molar-refractivity contribution in [3.63, 3.8) is 0 Å². The van der Waals surface area contributed by atoms with Gasteiger partial charge in [0, 0.05) is 5.69 Å². The number of methoxy groups -OCH3 is 1. The Morgan fingerprint density at radius 3 is 2.55 bits per heavy atom. The highest BCUT2D eigenvalue weighted by molar-refractivity contribution is 6.34. The van der Waals surface area contributed by atoms with Crippen LogP contribution in [0.2, 0.25) is 5.02 Å². The monoisotopic (exact) mass is 321 g/mol. The van der Waals surface area contributed by atoms with E-state index in [9.17, 15) is 14.0 Å². The number of halogens is 2. The van der Waals surface area contributed by atoms with Crippen molar-refractivity contribution in [1.29, 1.82) is 0 Å². The topological polar surface area (TPSA) is 55.4 Å². The molecule has 0 aliphatic carbocycles. The van der Waals surface area contributed by atoms with Gasteiger partial charge in [-0.2, -0.15) is 0 Å². The number of benzene rings is 2. The van der Waals surface area contributed by atoms with Gasteiger partial charge in [-0.05, 0) is 42.8 Å². The maximum absolute atomic E-state index is 13.0. The van der Waals surface area contributed by atoms with Crippen LogP contribution in [0.1, 0.15) is 26.3 Å². The van der Waals surface area contributed by atoms with E-state index in [1.807, 2.05) is 0 Å². The molecule has 0 atom stereocenters. The van der Waals surface area contributed by atoms with Gasteiger partial charge in [-0.1, -0.05) is 17.7 Å². The lowest BCUT2D eigenvalue weighted by Gasteiger charge is -2.12. The summed E-state index contributed by atoms with van der Waals surface area (Å²) in [4.78, 5) is 23.9. The maximum Gasteiger partial charge on any atom is 0.338 e. The van der Waals surface area contributed by atoms with Gasteiger partial charge in [0.25, 0.3) is 5.91 Å². The summed E-state index contributed by atoms with van der Waals surface area (Å²) in [5.41, 5.74) is 1.52. The lowest BCUT2D eigenvalue weighted by molar-refractivity contribution is 0.0599. The van der Waals surface area contributed by atoms with Crippen LogP contribution in [0.3, 0.4) is 0 Å². The van der Waals surface area contributed by atoms with Crippen molar-refractivity contribution in [3.05, 3.63) is 63.9 Å². The molecule has 0 unspecified atom stereocenters. The molecule has 114 valence electrons. The first kappa shape index (κ1) is 16.0. The lowest BCUT2D eigenvalue weighted by atomic mass is 10.1. The first-order valence-corrected chi connectivity index (χ1v) is 6.76. The van der Waals surface area contributed by atoms with Crippen LogP contribution in [0.15, 0.2) is 36.4 Å². The number of carbonyl (C=O) groups excluding carboxylic acids is 2. The fourth-order valence-corrected chi connectivity index (χ4v) is 2.22. The van der Waals surface area contributed by atoms with Crippen LogP contribution < -0.4 is 5.32 Å². The van der Waals surface area contributed by atoms with Gasteiger partial charge in [0.05, 0.1) is 23.3 Å². The van der Waals surface area contributed by atoms with Crippen molar-refractivity contribution < 1.29 is 18.7 Å². The molecule has 0 fully saturated rings. The third-order valence-corrected chi connectivity index (χ3v) is 3.48. The molecule has 2 rings (SSSR count). The number of nitrogens with one attached hydrogen (secondary N) is 1. The lowest BCUT2D eigenvalue weighted by Crippen LogP contribution is -2.15. The Balaban J connectivity index is 2.31. The number of hydrogen-bond donors (Lipinski definition) is 1. The largest absolute Gasteiger partial charge is 0.465 e. The summed E-state index contributed by atoms with van der Waals surface area (Å²) >= 11 is 5.86. The first-order chi connectivity index (χ1) is 10.4. The third kappa shape index (κ3) is 3.26. The van der Waals surface area contributed by atoms with E-state index in [4.69, 9.17) is 11.6 Å². The smallest absolute Gasteiger partial charge is 0.338 e. The number of anilines is 1. The SMILES string of the molecule is COC(=O)c1cccc(NC(=O)c2ccc(F)cc2Cl)c1C. The fraction of sp³-hybridized carbons (Fsp3) is 0.125. The van der Waals surface area contributed by atoms with Crippen molar-refractivity contribution in [2.24, 2.45) is 0 Å². The summed E-state index contributed by atoms with van der Waals surface area (Å²) in [6, 6.07) is 8.39. The summed E-state index contributed by atoms with van der Waals surface area (Å²) in [7, 11) is 1.28. The minimum absolute atomic E-state index is 0.0132. The molecule has 0 spiro atoms. The van der Waals surface area contributed by atoms with Gasteiger partial charge >= 0.3 is 5.97 Å². The molecule has 0 bridgehead atoms. The second kappa shape index (κ2) is 6.58. The van der Waals surface area contributed by atoms with Crippen molar-refractivity contribution in [3.8, 4) is 0 Å². The molecule has 1 N–H and O–H groups in total. The summed E-state index contributed by atoms with van der Waals surface area (Å²) in [6.07, 6.45) is 0. The zero-order valence-corrected chi connectivity index (χ0v) is 12.7. The van der Waals surface area contributed by atoms with E-state index in [-0.39, 0.29) is 10.6 Å². The Kier molecular flexibility index (Phi) is 4.78.